The summed E-state index contributed by atoms with van der Waals surface area (Å²) in [5, 5.41) is 9.85. The molecule has 0 fully saturated rings. The first-order chi connectivity index (χ1) is 12.5. The molecular weight excluding hydrogens is 328 g/mol. The van der Waals surface area contributed by atoms with E-state index in [2.05, 4.69) is 9.97 Å². The molecule has 0 unspecified atom stereocenters. The molecule has 2 aromatic carbocycles. The molecule has 0 atom stereocenters. The summed E-state index contributed by atoms with van der Waals surface area (Å²) < 4.78 is 5.22. The fourth-order valence-electron chi connectivity index (χ4n) is 2.79. The minimum Gasteiger partial charge on any atom is -0.507 e. The Morgan fingerprint density at radius 2 is 1.54 bits per heavy atom. The first-order valence-electron chi connectivity index (χ1n) is 8.38. The van der Waals surface area contributed by atoms with Crippen LogP contribution in [0.25, 0.3) is 0 Å². The molecule has 3 aromatic rings. The van der Waals surface area contributed by atoms with Gasteiger partial charge in [-0.05, 0) is 61.1 Å². The largest absolute Gasteiger partial charge is 0.507 e. The standard InChI is InChI=1S/C21H20N2O3/c1-14-9-17(10-15(2)20(14)24)4-3-16-5-7-18(8-6-16)21(25)26-19-11-22-13-23-12-19/h5-13,24H,3-4H2,1-2H3. The molecule has 132 valence electrons. The molecule has 0 saturated heterocycles. The van der Waals surface area contributed by atoms with Crippen LogP contribution in [0.1, 0.15) is 32.6 Å². The minimum atomic E-state index is -0.434. The summed E-state index contributed by atoms with van der Waals surface area (Å²) in [6, 6.07) is 11.4. The average Bonchev–Trinajstić information content (AvgIpc) is 2.65. The van der Waals surface area contributed by atoms with Crippen LogP contribution in [0.3, 0.4) is 0 Å². The van der Waals surface area contributed by atoms with Gasteiger partial charge in [-0.3, -0.25) is 0 Å². The van der Waals surface area contributed by atoms with Gasteiger partial charge < -0.3 is 9.84 Å². The van der Waals surface area contributed by atoms with Gasteiger partial charge in [0, 0.05) is 0 Å². The molecule has 0 spiro atoms. The Kier molecular flexibility index (Phi) is 5.27. The van der Waals surface area contributed by atoms with Crippen molar-refractivity contribution >= 4 is 5.97 Å². The van der Waals surface area contributed by atoms with E-state index in [0.717, 1.165) is 29.5 Å². The highest BCUT2D eigenvalue weighted by molar-refractivity contribution is 5.91. The second-order valence-corrected chi connectivity index (χ2v) is 6.24. The van der Waals surface area contributed by atoms with E-state index in [1.54, 1.807) is 12.1 Å². The number of carbonyl (C=O) groups is 1. The lowest BCUT2D eigenvalue weighted by molar-refractivity contribution is 0.0733. The van der Waals surface area contributed by atoms with Gasteiger partial charge in [0.2, 0.25) is 0 Å². The molecule has 1 aromatic heterocycles. The average molecular weight is 348 g/mol. The van der Waals surface area contributed by atoms with Crippen molar-refractivity contribution in [3.05, 3.63) is 82.9 Å². The highest BCUT2D eigenvalue weighted by Gasteiger charge is 2.09. The molecule has 0 bridgehead atoms. The number of nitrogens with zero attached hydrogens (tertiary/aromatic N) is 2. The van der Waals surface area contributed by atoms with E-state index in [4.69, 9.17) is 4.74 Å². The van der Waals surface area contributed by atoms with Crippen molar-refractivity contribution in [2.75, 3.05) is 0 Å². The van der Waals surface area contributed by atoms with Crippen LogP contribution in [0, 0.1) is 13.8 Å². The minimum absolute atomic E-state index is 0.319. The van der Waals surface area contributed by atoms with Crippen LogP contribution in [-0.4, -0.2) is 21.0 Å². The van der Waals surface area contributed by atoms with Crippen LogP contribution in [0.5, 0.6) is 11.5 Å². The van der Waals surface area contributed by atoms with Gasteiger partial charge in [-0.1, -0.05) is 24.3 Å². The summed E-state index contributed by atoms with van der Waals surface area (Å²) in [7, 11) is 0. The maximum absolute atomic E-state index is 12.1. The highest BCUT2D eigenvalue weighted by Crippen LogP contribution is 2.23. The fraction of sp³-hybridized carbons (Fsp3) is 0.190. The van der Waals surface area contributed by atoms with Crippen molar-refractivity contribution < 1.29 is 14.6 Å². The Balaban J connectivity index is 1.62. The third-order valence-electron chi connectivity index (χ3n) is 4.19. The van der Waals surface area contributed by atoms with Crippen LogP contribution >= 0.6 is 0 Å². The number of hydrogen-bond donors (Lipinski definition) is 1. The Hall–Kier alpha value is -3.21. The number of aromatic nitrogens is 2. The van der Waals surface area contributed by atoms with Crippen LogP contribution < -0.4 is 4.74 Å². The molecule has 5 heteroatoms. The van der Waals surface area contributed by atoms with Gasteiger partial charge in [-0.25, -0.2) is 14.8 Å². The lowest BCUT2D eigenvalue weighted by Gasteiger charge is -2.08. The Morgan fingerprint density at radius 1 is 0.962 bits per heavy atom. The molecule has 1 heterocycles. The predicted molar refractivity (Wildman–Crippen MR) is 98.4 cm³/mol. The zero-order valence-electron chi connectivity index (χ0n) is 14.8. The Labute approximate surface area is 152 Å². The predicted octanol–water partition coefficient (Wildman–Crippen LogP) is 3.80. The topological polar surface area (TPSA) is 72.3 Å². The monoisotopic (exact) mass is 348 g/mol. The summed E-state index contributed by atoms with van der Waals surface area (Å²) in [6.07, 6.45) is 5.99. The molecule has 26 heavy (non-hydrogen) atoms. The number of aromatic hydroxyl groups is 1. The van der Waals surface area contributed by atoms with Crippen molar-refractivity contribution in [2.24, 2.45) is 0 Å². The van der Waals surface area contributed by atoms with Crippen LogP contribution in [0.15, 0.2) is 55.1 Å². The number of carbonyl (C=O) groups excluding carboxylic acids is 1. The lowest BCUT2D eigenvalue weighted by Crippen LogP contribution is -2.08. The van der Waals surface area contributed by atoms with Crippen LogP contribution in [-0.2, 0) is 12.8 Å². The molecule has 0 radical (unpaired) electrons. The molecule has 3 rings (SSSR count). The van der Waals surface area contributed by atoms with E-state index >= 15 is 0 Å². The summed E-state index contributed by atoms with van der Waals surface area (Å²) in [5.41, 5.74) is 4.58. The van der Waals surface area contributed by atoms with Crippen molar-refractivity contribution in [3.63, 3.8) is 0 Å². The van der Waals surface area contributed by atoms with Crippen LogP contribution in [0.2, 0.25) is 0 Å². The highest BCUT2D eigenvalue weighted by atomic mass is 16.5. The van der Waals surface area contributed by atoms with Crippen LogP contribution in [0.4, 0.5) is 0 Å². The van der Waals surface area contributed by atoms with Gasteiger partial charge in [0.25, 0.3) is 0 Å². The first kappa shape index (κ1) is 17.6. The Morgan fingerprint density at radius 3 is 2.15 bits per heavy atom. The zero-order valence-corrected chi connectivity index (χ0v) is 14.8. The quantitative estimate of drug-likeness (QED) is 0.710. The van der Waals surface area contributed by atoms with Gasteiger partial charge >= 0.3 is 5.97 Å². The third-order valence-corrected chi connectivity index (χ3v) is 4.19. The fourth-order valence-corrected chi connectivity index (χ4v) is 2.79. The molecule has 0 aliphatic carbocycles. The van der Waals surface area contributed by atoms with Gasteiger partial charge in [0.1, 0.15) is 12.1 Å². The third kappa shape index (κ3) is 4.25. The number of benzene rings is 2. The lowest BCUT2D eigenvalue weighted by atomic mass is 9.99. The van der Waals surface area contributed by atoms with E-state index in [1.165, 1.54) is 24.3 Å². The van der Waals surface area contributed by atoms with Crippen molar-refractivity contribution in [1.82, 2.24) is 9.97 Å². The van der Waals surface area contributed by atoms with Crippen molar-refractivity contribution in [3.8, 4) is 11.5 Å². The number of rotatable bonds is 5. The summed E-state index contributed by atoms with van der Waals surface area (Å²) in [4.78, 5) is 19.7. The van der Waals surface area contributed by atoms with Crippen molar-refractivity contribution in [2.45, 2.75) is 26.7 Å². The van der Waals surface area contributed by atoms with E-state index in [9.17, 15) is 9.90 Å². The van der Waals surface area contributed by atoms with E-state index in [-0.39, 0.29) is 0 Å². The Bertz CT molecular complexity index is 883. The summed E-state index contributed by atoms with van der Waals surface area (Å²) in [6.45, 7) is 3.81. The second kappa shape index (κ2) is 7.78. The molecule has 5 nitrogen and oxygen atoms in total. The van der Waals surface area contributed by atoms with E-state index < -0.39 is 5.97 Å². The van der Waals surface area contributed by atoms with E-state index in [0.29, 0.717) is 17.1 Å². The molecule has 1 N–H and O–H groups in total. The smallest absolute Gasteiger partial charge is 0.343 e. The van der Waals surface area contributed by atoms with Gasteiger partial charge in [-0.2, -0.15) is 0 Å². The van der Waals surface area contributed by atoms with Gasteiger partial charge in [0.05, 0.1) is 18.0 Å². The SMILES string of the molecule is Cc1cc(CCc2ccc(C(=O)Oc3cncnc3)cc2)cc(C)c1O. The molecule has 0 aliphatic rings. The number of phenolic OH excluding ortho intramolecular Hbond substituents is 1. The van der Waals surface area contributed by atoms with Crippen molar-refractivity contribution in [1.29, 1.82) is 0 Å². The number of ether oxygens (including phenoxy) is 1. The maximum atomic E-state index is 12.1. The number of hydrogen-bond acceptors (Lipinski definition) is 5. The molecule has 0 aliphatic heterocycles. The van der Waals surface area contributed by atoms with E-state index in [1.807, 2.05) is 38.1 Å². The zero-order chi connectivity index (χ0) is 18.5. The molecule has 0 saturated carbocycles. The summed E-state index contributed by atoms with van der Waals surface area (Å²) >= 11 is 0. The molecule has 0 amide bonds. The normalized spacial score (nSPS) is 10.5. The summed E-state index contributed by atoms with van der Waals surface area (Å²) in [5.74, 6) is 0.246. The maximum Gasteiger partial charge on any atom is 0.343 e. The number of phenols is 1. The second-order valence-electron chi connectivity index (χ2n) is 6.24. The first-order valence-corrected chi connectivity index (χ1v) is 8.38. The number of aryl methyl sites for hydroxylation is 4. The number of esters is 1. The van der Waals surface area contributed by atoms with Gasteiger partial charge in [-0.15, -0.1) is 0 Å². The molecular formula is C21H20N2O3. The van der Waals surface area contributed by atoms with Gasteiger partial charge in [0.15, 0.2) is 5.75 Å².